The highest BCUT2D eigenvalue weighted by atomic mass is 16.5. The molecule has 0 saturated carbocycles. The Morgan fingerprint density at radius 3 is 2.89 bits per heavy atom. The molecule has 1 aromatic heterocycles. The van der Waals surface area contributed by atoms with Crippen molar-refractivity contribution in [1.29, 1.82) is 0 Å². The number of rotatable bonds is 7. The Morgan fingerprint density at radius 1 is 1.30 bits per heavy atom. The molecule has 0 fully saturated rings. The van der Waals surface area contributed by atoms with Crippen LogP contribution < -0.4 is 20.7 Å². The second-order valence-electron chi connectivity index (χ2n) is 6.55. The monoisotopic (exact) mass is 368 g/mol. The van der Waals surface area contributed by atoms with E-state index in [1.807, 2.05) is 31.3 Å². The van der Waals surface area contributed by atoms with Crippen LogP contribution in [-0.4, -0.2) is 37.0 Å². The number of methoxy groups -OCH3 is 1. The molecule has 3 rings (SSSR count). The van der Waals surface area contributed by atoms with Crippen molar-refractivity contribution in [2.75, 3.05) is 30.8 Å². The second kappa shape index (κ2) is 8.53. The van der Waals surface area contributed by atoms with Crippen LogP contribution in [0, 0.1) is 6.92 Å². The summed E-state index contributed by atoms with van der Waals surface area (Å²) in [5.74, 6) is 0.678. The Balaban J connectivity index is 1.52. The molecule has 2 aromatic rings. The molecule has 1 atom stereocenters. The summed E-state index contributed by atoms with van der Waals surface area (Å²) in [6.07, 6.45) is 2.70. The molecule has 0 spiro atoms. The molecule has 3 N–H and O–H groups in total. The van der Waals surface area contributed by atoms with Crippen molar-refractivity contribution in [1.82, 2.24) is 10.3 Å². The number of ether oxygens (including phenoxy) is 1. The van der Waals surface area contributed by atoms with E-state index in [4.69, 9.17) is 4.74 Å². The molecule has 0 aliphatic carbocycles. The number of benzene rings is 1. The summed E-state index contributed by atoms with van der Waals surface area (Å²) in [6, 6.07) is 9.27. The van der Waals surface area contributed by atoms with Crippen molar-refractivity contribution in [2.24, 2.45) is 0 Å². The Morgan fingerprint density at radius 2 is 2.15 bits per heavy atom. The summed E-state index contributed by atoms with van der Waals surface area (Å²) in [5.41, 5.74) is 2.56. The van der Waals surface area contributed by atoms with Gasteiger partial charge in [0.15, 0.2) is 0 Å². The van der Waals surface area contributed by atoms with Crippen LogP contribution >= 0.6 is 0 Å². The number of carbonyl (C=O) groups excluding carboxylic acids is 2. The number of nitrogens with one attached hydrogen (secondary N) is 3. The fourth-order valence-electron chi connectivity index (χ4n) is 3.01. The zero-order valence-electron chi connectivity index (χ0n) is 15.5. The van der Waals surface area contributed by atoms with Crippen LogP contribution in [0.15, 0.2) is 36.5 Å². The van der Waals surface area contributed by atoms with Gasteiger partial charge < -0.3 is 20.7 Å². The number of fused-ring (bicyclic) bond motifs is 1. The third-order valence-electron chi connectivity index (χ3n) is 4.48. The van der Waals surface area contributed by atoms with E-state index >= 15 is 0 Å². The van der Waals surface area contributed by atoms with Crippen LogP contribution in [0.2, 0.25) is 0 Å². The molecular formula is C20H24N4O3. The van der Waals surface area contributed by atoms with E-state index in [1.54, 1.807) is 19.2 Å². The van der Waals surface area contributed by atoms with Crippen LogP contribution in [0.3, 0.4) is 0 Å². The highest BCUT2D eigenvalue weighted by Gasteiger charge is 2.30. The number of aryl methyl sites for hydroxylation is 1. The second-order valence-corrected chi connectivity index (χ2v) is 6.55. The van der Waals surface area contributed by atoms with Gasteiger partial charge in [-0.05, 0) is 48.7 Å². The predicted octanol–water partition coefficient (Wildman–Crippen LogP) is 2.44. The van der Waals surface area contributed by atoms with E-state index < -0.39 is 5.92 Å². The number of hydrogen-bond acceptors (Lipinski definition) is 5. The first-order valence-electron chi connectivity index (χ1n) is 8.99. The highest BCUT2D eigenvalue weighted by molar-refractivity contribution is 6.01. The SMILES string of the molecule is COc1ccc2c(c1)[C@@H](C(=O)NCCCNc1ccc(C)cn1)CC(=O)N2. The molecule has 27 heavy (non-hydrogen) atoms. The molecule has 1 aliphatic rings. The van der Waals surface area contributed by atoms with Gasteiger partial charge in [-0.3, -0.25) is 9.59 Å². The molecule has 0 radical (unpaired) electrons. The number of hydrogen-bond donors (Lipinski definition) is 3. The standard InChI is InChI=1S/C20H24N4O3/c1-13-4-7-18(23-12-13)21-8-3-9-22-20(26)16-11-19(25)24-17-6-5-14(27-2)10-15(16)17/h4-7,10,12,16H,3,8-9,11H2,1-2H3,(H,21,23)(H,22,26)(H,24,25)/t16-/m0/s1. The van der Waals surface area contributed by atoms with E-state index in [9.17, 15) is 9.59 Å². The van der Waals surface area contributed by atoms with Crippen molar-refractivity contribution in [3.63, 3.8) is 0 Å². The maximum Gasteiger partial charge on any atom is 0.228 e. The van der Waals surface area contributed by atoms with Gasteiger partial charge in [-0.25, -0.2) is 4.98 Å². The fraction of sp³-hybridized carbons (Fsp3) is 0.350. The number of nitrogens with zero attached hydrogens (tertiary/aromatic N) is 1. The molecule has 0 unspecified atom stereocenters. The Hall–Kier alpha value is -3.09. The zero-order valence-corrected chi connectivity index (χ0v) is 15.5. The minimum atomic E-state index is -0.504. The minimum Gasteiger partial charge on any atom is -0.497 e. The maximum atomic E-state index is 12.6. The normalized spacial score (nSPS) is 15.5. The molecular weight excluding hydrogens is 344 g/mol. The average Bonchev–Trinajstić information content (AvgIpc) is 2.68. The number of aromatic nitrogens is 1. The van der Waals surface area contributed by atoms with Crippen molar-refractivity contribution < 1.29 is 14.3 Å². The molecule has 142 valence electrons. The molecule has 0 saturated heterocycles. The maximum absolute atomic E-state index is 12.6. The number of pyridine rings is 1. The lowest BCUT2D eigenvalue weighted by Gasteiger charge is -2.25. The molecule has 1 aliphatic heterocycles. The summed E-state index contributed by atoms with van der Waals surface area (Å²) in [4.78, 5) is 28.8. The number of anilines is 2. The quantitative estimate of drug-likeness (QED) is 0.653. The van der Waals surface area contributed by atoms with E-state index in [-0.39, 0.29) is 18.2 Å². The van der Waals surface area contributed by atoms with Gasteiger partial charge in [-0.15, -0.1) is 0 Å². The lowest BCUT2D eigenvalue weighted by molar-refractivity contribution is -0.126. The molecule has 7 heteroatoms. The third kappa shape index (κ3) is 4.75. The van der Waals surface area contributed by atoms with Crippen LogP contribution in [0.1, 0.15) is 29.9 Å². The minimum absolute atomic E-state index is 0.136. The van der Waals surface area contributed by atoms with Gasteiger partial charge in [-0.1, -0.05) is 6.07 Å². The highest BCUT2D eigenvalue weighted by Crippen LogP contribution is 2.34. The van der Waals surface area contributed by atoms with E-state index in [2.05, 4.69) is 20.9 Å². The van der Waals surface area contributed by atoms with Crippen LogP contribution in [-0.2, 0) is 9.59 Å². The van der Waals surface area contributed by atoms with E-state index in [0.717, 1.165) is 23.4 Å². The van der Waals surface area contributed by atoms with Crippen LogP contribution in [0.5, 0.6) is 5.75 Å². The lowest BCUT2D eigenvalue weighted by atomic mass is 9.89. The average molecular weight is 368 g/mol. The van der Waals surface area contributed by atoms with Crippen molar-refractivity contribution in [3.05, 3.63) is 47.7 Å². The summed E-state index contributed by atoms with van der Waals surface area (Å²) >= 11 is 0. The summed E-state index contributed by atoms with van der Waals surface area (Å²) < 4.78 is 5.24. The van der Waals surface area contributed by atoms with Gasteiger partial charge in [0.25, 0.3) is 0 Å². The van der Waals surface area contributed by atoms with Gasteiger partial charge in [0.05, 0.1) is 13.0 Å². The number of carbonyl (C=O) groups is 2. The van der Waals surface area contributed by atoms with Crippen molar-refractivity contribution >= 4 is 23.3 Å². The number of amides is 2. The molecule has 2 heterocycles. The van der Waals surface area contributed by atoms with Gasteiger partial charge in [0.1, 0.15) is 11.6 Å². The molecule has 2 amide bonds. The topological polar surface area (TPSA) is 92.3 Å². The molecule has 7 nitrogen and oxygen atoms in total. The first kappa shape index (κ1) is 18.7. The largest absolute Gasteiger partial charge is 0.497 e. The Labute approximate surface area is 158 Å². The van der Waals surface area contributed by atoms with Crippen LogP contribution in [0.25, 0.3) is 0 Å². The summed E-state index contributed by atoms with van der Waals surface area (Å²) in [6.45, 7) is 3.21. The molecule has 1 aromatic carbocycles. The van der Waals surface area contributed by atoms with Crippen molar-refractivity contribution in [2.45, 2.75) is 25.7 Å². The zero-order chi connectivity index (χ0) is 19.2. The van der Waals surface area contributed by atoms with E-state index in [1.165, 1.54) is 0 Å². The molecule has 0 bridgehead atoms. The van der Waals surface area contributed by atoms with E-state index in [0.29, 0.717) is 24.5 Å². The van der Waals surface area contributed by atoms with Crippen LogP contribution in [0.4, 0.5) is 11.5 Å². The Bertz CT molecular complexity index is 820. The lowest BCUT2D eigenvalue weighted by Crippen LogP contribution is -2.35. The smallest absolute Gasteiger partial charge is 0.228 e. The van der Waals surface area contributed by atoms with Gasteiger partial charge in [-0.2, -0.15) is 0 Å². The summed E-state index contributed by atoms with van der Waals surface area (Å²) in [7, 11) is 1.58. The van der Waals surface area contributed by atoms with Gasteiger partial charge in [0, 0.05) is 31.4 Å². The van der Waals surface area contributed by atoms with Gasteiger partial charge in [0.2, 0.25) is 11.8 Å². The predicted molar refractivity (Wildman–Crippen MR) is 104 cm³/mol. The fourth-order valence-corrected chi connectivity index (χ4v) is 3.01. The summed E-state index contributed by atoms with van der Waals surface area (Å²) in [5, 5.41) is 8.95. The third-order valence-corrected chi connectivity index (χ3v) is 4.48. The van der Waals surface area contributed by atoms with Crippen molar-refractivity contribution in [3.8, 4) is 5.75 Å². The first-order valence-corrected chi connectivity index (χ1v) is 8.99. The van der Waals surface area contributed by atoms with Gasteiger partial charge >= 0.3 is 0 Å². The first-order chi connectivity index (χ1) is 13.1. The Kier molecular flexibility index (Phi) is 5.90.